The van der Waals surface area contributed by atoms with Crippen molar-refractivity contribution in [2.75, 3.05) is 13.7 Å². The Labute approximate surface area is 82.8 Å². The van der Waals surface area contributed by atoms with Gasteiger partial charge < -0.3 is 14.6 Å². The highest BCUT2D eigenvalue weighted by Gasteiger charge is 2.19. The van der Waals surface area contributed by atoms with Crippen LogP contribution in [0.25, 0.3) is 0 Å². The fraction of sp³-hybridized carbons (Fsp3) is 0.778. The third-order valence-electron chi connectivity index (χ3n) is 2.27. The number of rotatable bonds is 4. The van der Waals surface area contributed by atoms with Crippen molar-refractivity contribution in [3.63, 3.8) is 0 Å². The van der Waals surface area contributed by atoms with E-state index in [1.807, 2.05) is 7.05 Å². The van der Waals surface area contributed by atoms with Crippen molar-refractivity contribution < 1.29 is 9.26 Å². The molecule has 1 fully saturated rings. The molecule has 1 saturated heterocycles. The van der Waals surface area contributed by atoms with E-state index >= 15 is 0 Å². The molecule has 0 radical (unpaired) electrons. The minimum absolute atomic E-state index is 0.276. The first kappa shape index (κ1) is 9.61. The van der Waals surface area contributed by atoms with Gasteiger partial charge in [0.15, 0.2) is 5.82 Å². The van der Waals surface area contributed by atoms with E-state index in [9.17, 15) is 0 Å². The lowest BCUT2D eigenvalue weighted by molar-refractivity contribution is 0.104. The van der Waals surface area contributed by atoms with Crippen molar-refractivity contribution in [3.8, 4) is 0 Å². The van der Waals surface area contributed by atoms with E-state index in [0.717, 1.165) is 25.9 Å². The molecule has 0 spiro atoms. The van der Waals surface area contributed by atoms with Crippen LogP contribution in [0.2, 0.25) is 0 Å². The van der Waals surface area contributed by atoms with E-state index < -0.39 is 0 Å². The van der Waals surface area contributed by atoms with Crippen LogP contribution in [-0.4, -0.2) is 29.9 Å². The first-order valence-corrected chi connectivity index (χ1v) is 4.96. The maximum atomic E-state index is 5.48. The molecule has 1 atom stereocenters. The predicted molar refractivity (Wildman–Crippen MR) is 49.7 cm³/mol. The molecule has 1 aliphatic heterocycles. The van der Waals surface area contributed by atoms with E-state index in [1.165, 1.54) is 0 Å². The Morgan fingerprint density at radius 1 is 1.57 bits per heavy atom. The van der Waals surface area contributed by atoms with Crippen LogP contribution in [0.5, 0.6) is 0 Å². The van der Waals surface area contributed by atoms with Crippen LogP contribution in [-0.2, 0) is 17.7 Å². The third kappa shape index (κ3) is 2.30. The van der Waals surface area contributed by atoms with Crippen molar-refractivity contribution in [3.05, 3.63) is 11.7 Å². The zero-order chi connectivity index (χ0) is 9.80. The molecule has 0 amide bonds. The number of hydrogen-bond acceptors (Lipinski definition) is 5. The van der Waals surface area contributed by atoms with Gasteiger partial charge in [-0.05, 0) is 19.9 Å². The molecule has 0 saturated carbocycles. The molecule has 0 bridgehead atoms. The molecule has 1 aliphatic rings. The molecule has 0 aliphatic carbocycles. The van der Waals surface area contributed by atoms with Crippen molar-refractivity contribution in [1.82, 2.24) is 15.5 Å². The van der Waals surface area contributed by atoms with Crippen LogP contribution in [0.1, 0.15) is 24.6 Å². The average molecular weight is 197 g/mol. The van der Waals surface area contributed by atoms with Gasteiger partial charge in [-0.3, -0.25) is 0 Å². The first-order chi connectivity index (χ1) is 6.88. The molecule has 5 nitrogen and oxygen atoms in total. The lowest BCUT2D eigenvalue weighted by Crippen LogP contribution is -2.10. The maximum Gasteiger partial charge on any atom is 0.229 e. The Morgan fingerprint density at radius 2 is 2.50 bits per heavy atom. The summed E-state index contributed by atoms with van der Waals surface area (Å²) in [4.78, 5) is 4.24. The van der Waals surface area contributed by atoms with E-state index in [-0.39, 0.29) is 6.10 Å². The Morgan fingerprint density at radius 3 is 3.21 bits per heavy atom. The highest BCUT2D eigenvalue weighted by molar-refractivity contribution is 4.88. The van der Waals surface area contributed by atoms with Gasteiger partial charge in [-0.15, -0.1) is 0 Å². The Kier molecular flexibility index (Phi) is 3.10. The summed E-state index contributed by atoms with van der Waals surface area (Å²) in [5, 5.41) is 6.82. The van der Waals surface area contributed by atoms with Crippen molar-refractivity contribution in [2.24, 2.45) is 0 Å². The summed E-state index contributed by atoms with van der Waals surface area (Å²) in [6, 6.07) is 0. The summed E-state index contributed by atoms with van der Waals surface area (Å²) in [6.07, 6.45) is 3.26. The minimum atomic E-state index is 0.276. The largest absolute Gasteiger partial charge is 0.378 e. The average Bonchev–Trinajstić information content (AvgIpc) is 2.79. The SMILES string of the molecule is CNCc1noc(CC2CCCO2)n1. The highest BCUT2D eigenvalue weighted by atomic mass is 16.5. The molecule has 2 heterocycles. The molecule has 78 valence electrons. The molecule has 1 aromatic heterocycles. The number of nitrogens with zero attached hydrogens (tertiary/aromatic N) is 2. The van der Waals surface area contributed by atoms with Gasteiger partial charge in [0.25, 0.3) is 0 Å². The van der Waals surface area contributed by atoms with Gasteiger partial charge in [0.1, 0.15) is 0 Å². The summed E-state index contributed by atoms with van der Waals surface area (Å²) in [7, 11) is 1.86. The number of aromatic nitrogens is 2. The summed E-state index contributed by atoms with van der Waals surface area (Å²) < 4.78 is 10.6. The molecule has 0 aromatic carbocycles. The lowest BCUT2D eigenvalue weighted by Gasteiger charge is -2.03. The fourth-order valence-electron chi connectivity index (χ4n) is 1.60. The molecular formula is C9H15N3O2. The standard InChI is InChI=1S/C9H15N3O2/c1-10-6-8-11-9(14-12-8)5-7-3-2-4-13-7/h7,10H,2-6H2,1H3. The van der Waals surface area contributed by atoms with Gasteiger partial charge in [0.05, 0.1) is 19.1 Å². The Balaban J connectivity index is 1.88. The summed E-state index contributed by atoms with van der Waals surface area (Å²) in [5.74, 6) is 1.39. The van der Waals surface area contributed by atoms with Gasteiger partial charge in [-0.1, -0.05) is 5.16 Å². The Hall–Kier alpha value is -0.940. The van der Waals surface area contributed by atoms with Crippen LogP contribution >= 0.6 is 0 Å². The quantitative estimate of drug-likeness (QED) is 0.762. The summed E-state index contributed by atoms with van der Waals surface area (Å²) >= 11 is 0. The second kappa shape index (κ2) is 4.52. The van der Waals surface area contributed by atoms with E-state index in [2.05, 4.69) is 15.5 Å². The summed E-state index contributed by atoms with van der Waals surface area (Å²) in [6.45, 7) is 1.51. The maximum absolute atomic E-state index is 5.48. The first-order valence-electron chi connectivity index (χ1n) is 4.96. The molecule has 5 heteroatoms. The van der Waals surface area contributed by atoms with Crippen molar-refractivity contribution in [1.29, 1.82) is 0 Å². The van der Waals surface area contributed by atoms with Crippen LogP contribution in [0, 0.1) is 0 Å². The van der Waals surface area contributed by atoms with Gasteiger partial charge >= 0.3 is 0 Å². The molecule has 2 rings (SSSR count). The fourth-order valence-corrected chi connectivity index (χ4v) is 1.60. The second-order valence-electron chi connectivity index (χ2n) is 3.47. The number of nitrogens with one attached hydrogen (secondary N) is 1. The van der Waals surface area contributed by atoms with E-state index in [4.69, 9.17) is 9.26 Å². The highest BCUT2D eigenvalue weighted by Crippen LogP contribution is 2.15. The molecular weight excluding hydrogens is 182 g/mol. The van der Waals surface area contributed by atoms with Crippen LogP contribution in [0.15, 0.2) is 4.52 Å². The summed E-state index contributed by atoms with van der Waals surface area (Å²) in [5.41, 5.74) is 0. The monoisotopic (exact) mass is 197 g/mol. The van der Waals surface area contributed by atoms with Crippen LogP contribution < -0.4 is 5.32 Å². The predicted octanol–water partition coefficient (Wildman–Crippen LogP) is 0.510. The normalized spacial score (nSPS) is 21.6. The Bertz CT molecular complexity index is 281. The topological polar surface area (TPSA) is 60.2 Å². The molecule has 1 unspecified atom stereocenters. The van der Waals surface area contributed by atoms with Crippen LogP contribution in [0.4, 0.5) is 0 Å². The smallest absolute Gasteiger partial charge is 0.229 e. The second-order valence-corrected chi connectivity index (χ2v) is 3.47. The van der Waals surface area contributed by atoms with Crippen LogP contribution in [0.3, 0.4) is 0 Å². The van der Waals surface area contributed by atoms with Gasteiger partial charge in [-0.25, -0.2) is 0 Å². The molecule has 1 aromatic rings. The van der Waals surface area contributed by atoms with E-state index in [1.54, 1.807) is 0 Å². The van der Waals surface area contributed by atoms with Gasteiger partial charge in [0, 0.05) is 6.61 Å². The van der Waals surface area contributed by atoms with Crippen molar-refractivity contribution >= 4 is 0 Å². The zero-order valence-corrected chi connectivity index (χ0v) is 8.32. The lowest BCUT2D eigenvalue weighted by atomic mass is 10.2. The third-order valence-corrected chi connectivity index (χ3v) is 2.27. The van der Waals surface area contributed by atoms with E-state index in [0.29, 0.717) is 18.3 Å². The number of ether oxygens (including phenoxy) is 1. The number of hydrogen-bond donors (Lipinski definition) is 1. The minimum Gasteiger partial charge on any atom is -0.378 e. The van der Waals surface area contributed by atoms with Gasteiger partial charge in [-0.2, -0.15) is 4.98 Å². The van der Waals surface area contributed by atoms with Gasteiger partial charge in [0.2, 0.25) is 5.89 Å². The zero-order valence-electron chi connectivity index (χ0n) is 8.32. The van der Waals surface area contributed by atoms with Crippen molar-refractivity contribution in [2.45, 2.75) is 31.9 Å². The molecule has 14 heavy (non-hydrogen) atoms. The molecule has 1 N–H and O–H groups in total.